The van der Waals surface area contributed by atoms with Gasteiger partial charge in [-0.1, -0.05) is 30.3 Å². The van der Waals surface area contributed by atoms with Crippen LogP contribution in [0.5, 0.6) is 0 Å². The first-order valence-electron chi connectivity index (χ1n) is 7.99. The standard InChI is InChI=1S/C20H21FN2S.ClH/c1-14(23(2)3)13-24-20-18(15-8-10-17(21)11-9-15)12-16-6-4-5-7-19(16)22-20;/h4-12,14H,13H2,1-3H3;1H. The molecule has 2 nitrogen and oxygen atoms in total. The fourth-order valence-electron chi connectivity index (χ4n) is 2.39. The SMILES string of the molecule is CC(CSc1nc2ccccc2cc1-c1ccc(F)cc1)N(C)C.Cl. The Kier molecular flexibility index (Phi) is 6.82. The molecule has 0 radical (unpaired) electrons. The van der Waals surface area contributed by atoms with Crippen LogP contribution in [0.25, 0.3) is 22.0 Å². The Balaban J connectivity index is 0.00000225. The molecule has 3 rings (SSSR count). The average molecular weight is 377 g/mol. The van der Waals surface area contributed by atoms with E-state index in [0.29, 0.717) is 6.04 Å². The number of pyridine rings is 1. The molecule has 0 fully saturated rings. The zero-order valence-corrected chi connectivity index (χ0v) is 16.2. The van der Waals surface area contributed by atoms with Crippen molar-refractivity contribution >= 4 is 35.1 Å². The third kappa shape index (κ3) is 4.72. The molecule has 1 unspecified atom stereocenters. The number of hydrogen-bond donors (Lipinski definition) is 0. The van der Waals surface area contributed by atoms with E-state index in [0.717, 1.165) is 32.8 Å². The van der Waals surface area contributed by atoms with Crippen LogP contribution in [0.3, 0.4) is 0 Å². The molecular formula is C20H22ClFN2S. The normalized spacial score (nSPS) is 12.2. The summed E-state index contributed by atoms with van der Waals surface area (Å²) in [5.74, 6) is 0.731. The Morgan fingerprint density at radius 1 is 1.08 bits per heavy atom. The van der Waals surface area contributed by atoms with E-state index in [9.17, 15) is 4.39 Å². The number of halogens is 2. The lowest BCUT2D eigenvalue weighted by atomic mass is 10.1. The van der Waals surface area contributed by atoms with Crippen molar-refractivity contribution in [1.29, 1.82) is 0 Å². The van der Waals surface area contributed by atoms with E-state index < -0.39 is 0 Å². The number of nitrogens with zero attached hydrogens (tertiary/aromatic N) is 2. The van der Waals surface area contributed by atoms with Gasteiger partial charge in [-0.25, -0.2) is 9.37 Å². The minimum Gasteiger partial charge on any atom is -0.306 e. The summed E-state index contributed by atoms with van der Waals surface area (Å²) < 4.78 is 13.3. The van der Waals surface area contributed by atoms with Crippen LogP contribution in [0.2, 0.25) is 0 Å². The molecule has 0 bridgehead atoms. The first kappa shape index (κ1) is 19.7. The molecule has 0 aliphatic heterocycles. The molecule has 2 aromatic carbocycles. The Morgan fingerprint density at radius 3 is 2.44 bits per heavy atom. The summed E-state index contributed by atoms with van der Waals surface area (Å²) in [6, 6.07) is 17.4. The van der Waals surface area contributed by atoms with E-state index in [1.54, 1.807) is 11.8 Å². The number of aromatic nitrogens is 1. The highest BCUT2D eigenvalue weighted by molar-refractivity contribution is 7.99. The largest absolute Gasteiger partial charge is 0.306 e. The van der Waals surface area contributed by atoms with E-state index in [-0.39, 0.29) is 18.2 Å². The van der Waals surface area contributed by atoms with Gasteiger partial charge < -0.3 is 4.90 Å². The van der Waals surface area contributed by atoms with Crippen molar-refractivity contribution in [3.8, 4) is 11.1 Å². The lowest BCUT2D eigenvalue weighted by Gasteiger charge is -2.19. The van der Waals surface area contributed by atoms with Gasteiger partial charge >= 0.3 is 0 Å². The maximum absolute atomic E-state index is 13.3. The number of thioether (sulfide) groups is 1. The van der Waals surface area contributed by atoms with Gasteiger partial charge in [-0.3, -0.25) is 0 Å². The van der Waals surface area contributed by atoms with E-state index in [1.807, 2.05) is 30.3 Å². The molecule has 1 aromatic heterocycles. The van der Waals surface area contributed by atoms with Crippen LogP contribution in [-0.4, -0.2) is 35.8 Å². The summed E-state index contributed by atoms with van der Waals surface area (Å²) in [5, 5.41) is 2.09. The lowest BCUT2D eigenvalue weighted by Crippen LogP contribution is -2.26. The highest BCUT2D eigenvalue weighted by Gasteiger charge is 2.12. The Morgan fingerprint density at radius 2 is 1.76 bits per heavy atom. The fraction of sp³-hybridized carbons (Fsp3) is 0.250. The highest BCUT2D eigenvalue weighted by Crippen LogP contribution is 2.33. The first-order valence-corrected chi connectivity index (χ1v) is 8.98. The molecule has 0 saturated heterocycles. The number of rotatable bonds is 5. The van der Waals surface area contributed by atoms with Gasteiger partial charge in [-0.05, 0) is 50.8 Å². The molecule has 0 aliphatic rings. The van der Waals surface area contributed by atoms with E-state index in [1.165, 1.54) is 12.1 Å². The Bertz CT molecular complexity index is 837. The Labute approximate surface area is 158 Å². The maximum atomic E-state index is 13.3. The third-order valence-electron chi connectivity index (χ3n) is 4.19. The zero-order chi connectivity index (χ0) is 17.1. The molecule has 0 amide bonds. The molecule has 0 spiro atoms. The van der Waals surface area contributed by atoms with Gasteiger partial charge in [0.25, 0.3) is 0 Å². The lowest BCUT2D eigenvalue weighted by molar-refractivity contribution is 0.340. The molecule has 1 heterocycles. The number of fused-ring (bicyclic) bond motifs is 1. The first-order chi connectivity index (χ1) is 11.5. The van der Waals surface area contributed by atoms with Crippen molar-refractivity contribution in [2.45, 2.75) is 18.0 Å². The molecule has 25 heavy (non-hydrogen) atoms. The number of hydrogen-bond acceptors (Lipinski definition) is 3. The second kappa shape index (κ2) is 8.65. The molecule has 1 atom stereocenters. The zero-order valence-electron chi connectivity index (χ0n) is 14.6. The monoisotopic (exact) mass is 376 g/mol. The van der Waals surface area contributed by atoms with Gasteiger partial charge in [-0.15, -0.1) is 24.2 Å². The van der Waals surface area contributed by atoms with Crippen LogP contribution in [0.4, 0.5) is 4.39 Å². The van der Waals surface area contributed by atoms with Crippen molar-refractivity contribution in [2.24, 2.45) is 0 Å². The maximum Gasteiger partial charge on any atom is 0.123 e. The minimum atomic E-state index is -0.220. The second-order valence-electron chi connectivity index (χ2n) is 6.16. The van der Waals surface area contributed by atoms with Crippen LogP contribution in [0.15, 0.2) is 59.6 Å². The van der Waals surface area contributed by atoms with Crippen LogP contribution < -0.4 is 0 Å². The Hall–Kier alpha value is -1.62. The van der Waals surface area contributed by atoms with Crippen molar-refractivity contribution < 1.29 is 4.39 Å². The van der Waals surface area contributed by atoms with Crippen LogP contribution >= 0.6 is 24.2 Å². The van der Waals surface area contributed by atoms with Gasteiger partial charge in [0.2, 0.25) is 0 Å². The fourth-order valence-corrected chi connectivity index (χ4v) is 3.59. The minimum absolute atomic E-state index is 0. The van der Waals surface area contributed by atoms with Gasteiger partial charge in [-0.2, -0.15) is 0 Å². The summed E-state index contributed by atoms with van der Waals surface area (Å²) in [4.78, 5) is 7.06. The van der Waals surface area contributed by atoms with Crippen molar-refractivity contribution in [3.63, 3.8) is 0 Å². The third-order valence-corrected chi connectivity index (χ3v) is 5.42. The predicted octanol–water partition coefficient (Wildman–Crippen LogP) is 5.50. The van der Waals surface area contributed by atoms with Crippen LogP contribution in [0, 0.1) is 5.82 Å². The van der Waals surface area contributed by atoms with Crippen molar-refractivity contribution in [2.75, 3.05) is 19.8 Å². The highest BCUT2D eigenvalue weighted by atomic mass is 35.5. The number of para-hydroxylation sites is 1. The second-order valence-corrected chi connectivity index (χ2v) is 7.17. The molecular weight excluding hydrogens is 355 g/mol. The van der Waals surface area contributed by atoms with Crippen molar-refractivity contribution in [3.05, 3.63) is 60.4 Å². The number of benzene rings is 2. The topological polar surface area (TPSA) is 16.1 Å². The van der Waals surface area contributed by atoms with Crippen LogP contribution in [-0.2, 0) is 0 Å². The summed E-state index contributed by atoms with van der Waals surface area (Å²) in [7, 11) is 4.17. The molecule has 0 saturated carbocycles. The average Bonchev–Trinajstić information content (AvgIpc) is 2.59. The van der Waals surface area contributed by atoms with Gasteiger partial charge in [0.1, 0.15) is 10.8 Å². The summed E-state index contributed by atoms with van der Waals surface area (Å²) in [6.07, 6.45) is 0. The smallest absolute Gasteiger partial charge is 0.123 e. The van der Waals surface area contributed by atoms with Gasteiger partial charge in [0, 0.05) is 22.7 Å². The summed E-state index contributed by atoms with van der Waals surface area (Å²) in [5.41, 5.74) is 3.04. The summed E-state index contributed by atoms with van der Waals surface area (Å²) in [6.45, 7) is 2.20. The van der Waals surface area contributed by atoms with Gasteiger partial charge in [0.15, 0.2) is 0 Å². The predicted molar refractivity (Wildman–Crippen MR) is 108 cm³/mol. The van der Waals surface area contributed by atoms with Crippen LogP contribution in [0.1, 0.15) is 6.92 Å². The van der Waals surface area contributed by atoms with E-state index in [4.69, 9.17) is 4.98 Å². The van der Waals surface area contributed by atoms with Crippen molar-refractivity contribution in [1.82, 2.24) is 9.88 Å². The molecule has 3 aromatic rings. The summed E-state index contributed by atoms with van der Waals surface area (Å²) >= 11 is 1.75. The van der Waals surface area contributed by atoms with E-state index >= 15 is 0 Å². The molecule has 5 heteroatoms. The molecule has 0 N–H and O–H groups in total. The molecule has 0 aliphatic carbocycles. The molecule has 132 valence electrons. The van der Waals surface area contributed by atoms with E-state index in [2.05, 4.69) is 38.1 Å². The quantitative estimate of drug-likeness (QED) is 0.546. The van der Waals surface area contributed by atoms with Gasteiger partial charge in [0.05, 0.1) is 5.52 Å².